The number of imidazole rings is 1. The molecule has 8 heteroatoms. The number of nitrogens with zero attached hydrogens (tertiary/aromatic N) is 5. The van der Waals surface area contributed by atoms with Crippen LogP contribution in [0.2, 0.25) is 5.02 Å². The van der Waals surface area contributed by atoms with E-state index in [-0.39, 0.29) is 11.2 Å². The maximum atomic E-state index is 14.0. The summed E-state index contributed by atoms with van der Waals surface area (Å²) in [5, 5.41) is 5.08. The largest absolute Gasteiger partial charge is 0.320 e. The van der Waals surface area contributed by atoms with Crippen LogP contribution in [0.3, 0.4) is 0 Å². The van der Waals surface area contributed by atoms with E-state index < -0.39 is 0 Å². The molecule has 0 fully saturated rings. The van der Waals surface area contributed by atoms with Gasteiger partial charge in [0.2, 0.25) is 0 Å². The first kappa shape index (κ1) is 17.6. The Bertz CT molecular complexity index is 1150. The van der Waals surface area contributed by atoms with E-state index in [1.54, 1.807) is 22.9 Å². The SMILES string of the molecule is Cn1nc(C(C)(C)C)c(Cl)c1-c1nc2ncc(-c3ccccc3F)nc2[nH]1. The molecule has 0 saturated carbocycles. The highest BCUT2D eigenvalue weighted by molar-refractivity contribution is 6.33. The number of nitrogens with one attached hydrogen (secondary N) is 1. The topological polar surface area (TPSA) is 72.3 Å². The third kappa shape index (κ3) is 2.98. The van der Waals surface area contributed by atoms with E-state index in [9.17, 15) is 4.39 Å². The lowest BCUT2D eigenvalue weighted by atomic mass is 9.92. The molecular weight excluding hydrogens is 367 g/mol. The Labute approximate surface area is 160 Å². The molecule has 3 heterocycles. The molecule has 0 amide bonds. The van der Waals surface area contributed by atoms with Gasteiger partial charge in [0, 0.05) is 18.0 Å². The molecule has 1 aromatic carbocycles. The van der Waals surface area contributed by atoms with Gasteiger partial charge in [0.25, 0.3) is 0 Å². The minimum atomic E-state index is -0.351. The summed E-state index contributed by atoms with van der Waals surface area (Å²) in [5.41, 5.74) is 2.95. The number of fused-ring (bicyclic) bond motifs is 1. The van der Waals surface area contributed by atoms with E-state index in [2.05, 4.69) is 25.0 Å². The number of hydrogen-bond acceptors (Lipinski definition) is 4. The smallest absolute Gasteiger partial charge is 0.197 e. The summed E-state index contributed by atoms with van der Waals surface area (Å²) in [6.07, 6.45) is 1.51. The lowest BCUT2D eigenvalue weighted by molar-refractivity contribution is 0.553. The van der Waals surface area contributed by atoms with Gasteiger partial charge in [0.05, 0.1) is 22.6 Å². The van der Waals surface area contributed by atoms with Crippen LogP contribution in [-0.4, -0.2) is 29.7 Å². The van der Waals surface area contributed by atoms with Crippen LogP contribution in [0.5, 0.6) is 0 Å². The van der Waals surface area contributed by atoms with Gasteiger partial charge >= 0.3 is 0 Å². The number of aromatic amines is 1. The molecule has 0 bridgehead atoms. The standard InChI is InChI=1S/C19H18ClFN6/c1-19(2,3)15-13(20)14(27(4)26-15)16-24-17-18(25-16)23-12(9-22-17)10-7-5-6-8-11(10)21/h5-9H,1-4H3,(H,22,23,24,25). The van der Waals surface area contributed by atoms with E-state index in [0.717, 1.165) is 5.69 Å². The fraction of sp³-hybridized carbons (Fsp3) is 0.263. The summed E-state index contributed by atoms with van der Waals surface area (Å²) in [6.45, 7) is 6.15. The summed E-state index contributed by atoms with van der Waals surface area (Å²) in [4.78, 5) is 16.4. The van der Waals surface area contributed by atoms with Crippen LogP contribution in [0.4, 0.5) is 4.39 Å². The van der Waals surface area contributed by atoms with Crippen LogP contribution in [0.25, 0.3) is 34.1 Å². The van der Waals surface area contributed by atoms with Gasteiger partial charge in [0.1, 0.15) is 11.5 Å². The van der Waals surface area contributed by atoms with E-state index in [0.29, 0.717) is 39.1 Å². The summed E-state index contributed by atoms with van der Waals surface area (Å²) in [6, 6.07) is 6.45. The average molecular weight is 385 g/mol. The Morgan fingerprint density at radius 2 is 1.89 bits per heavy atom. The fourth-order valence-corrected chi connectivity index (χ4v) is 3.47. The van der Waals surface area contributed by atoms with Crippen molar-refractivity contribution in [3.8, 4) is 22.8 Å². The Balaban J connectivity index is 1.84. The van der Waals surface area contributed by atoms with Gasteiger partial charge in [-0.15, -0.1) is 0 Å². The normalized spacial score (nSPS) is 12.1. The first-order chi connectivity index (χ1) is 12.8. The second kappa shape index (κ2) is 6.13. The summed E-state index contributed by atoms with van der Waals surface area (Å²) in [7, 11) is 1.81. The van der Waals surface area contributed by atoms with Crippen molar-refractivity contribution in [1.82, 2.24) is 29.7 Å². The number of hydrogen-bond donors (Lipinski definition) is 1. The van der Waals surface area contributed by atoms with Gasteiger partial charge in [-0.3, -0.25) is 4.68 Å². The van der Waals surface area contributed by atoms with Crippen molar-refractivity contribution in [3.05, 3.63) is 47.0 Å². The minimum absolute atomic E-state index is 0.201. The predicted molar refractivity (Wildman–Crippen MR) is 103 cm³/mol. The van der Waals surface area contributed by atoms with Gasteiger partial charge in [-0.05, 0) is 12.1 Å². The zero-order valence-corrected chi connectivity index (χ0v) is 16.1. The van der Waals surface area contributed by atoms with Gasteiger partial charge in [-0.1, -0.05) is 44.5 Å². The van der Waals surface area contributed by atoms with Gasteiger partial charge in [-0.2, -0.15) is 5.10 Å². The second-order valence-electron chi connectivity index (χ2n) is 7.38. The molecule has 138 valence electrons. The molecule has 1 N–H and O–H groups in total. The van der Waals surface area contributed by atoms with Crippen LogP contribution in [0.1, 0.15) is 26.5 Å². The number of H-pyrrole nitrogens is 1. The van der Waals surface area contributed by atoms with E-state index >= 15 is 0 Å². The fourth-order valence-electron chi connectivity index (χ4n) is 2.94. The molecule has 0 saturated heterocycles. The zero-order valence-electron chi connectivity index (χ0n) is 15.4. The molecule has 0 radical (unpaired) electrons. The lowest BCUT2D eigenvalue weighted by Gasteiger charge is -2.15. The monoisotopic (exact) mass is 384 g/mol. The lowest BCUT2D eigenvalue weighted by Crippen LogP contribution is -2.12. The molecule has 0 unspecified atom stereocenters. The maximum Gasteiger partial charge on any atom is 0.197 e. The minimum Gasteiger partial charge on any atom is -0.320 e. The quantitative estimate of drug-likeness (QED) is 0.552. The number of benzene rings is 1. The van der Waals surface area contributed by atoms with Crippen molar-refractivity contribution < 1.29 is 4.39 Å². The number of aromatic nitrogens is 6. The highest BCUT2D eigenvalue weighted by atomic mass is 35.5. The Morgan fingerprint density at radius 1 is 1.15 bits per heavy atom. The second-order valence-corrected chi connectivity index (χ2v) is 7.76. The highest BCUT2D eigenvalue weighted by Crippen LogP contribution is 2.35. The molecule has 4 aromatic rings. The van der Waals surface area contributed by atoms with Crippen LogP contribution in [0, 0.1) is 5.82 Å². The molecule has 0 aliphatic rings. The number of halogens is 2. The summed E-state index contributed by atoms with van der Waals surface area (Å²) >= 11 is 6.59. The van der Waals surface area contributed by atoms with Crippen molar-refractivity contribution in [2.75, 3.05) is 0 Å². The molecule has 0 spiro atoms. The van der Waals surface area contributed by atoms with E-state index in [4.69, 9.17) is 11.6 Å². The van der Waals surface area contributed by atoms with Crippen molar-refractivity contribution in [2.24, 2.45) is 7.05 Å². The number of rotatable bonds is 2. The maximum absolute atomic E-state index is 14.0. The van der Waals surface area contributed by atoms with Crippen LogP contribution >= 0.6 is 11.6 Å². The first-order valence-electron chi connectivity index (χ1n) is 8.46. The van der Waals surface area contributed by atoms with Crippen molar-refractivity contribution in [1.29, 1.82) is 0 Å². The number of aryl methyl sites for hydroxylation is 1. The highest BCUT2D eigenvalue weighted by Gasteiger charge is 2.27. The molecular formula is C19H18ClFN6. The van der Waals surface area contributed by atoms with Gasteiger partial charge in [0.15, 0.2) is 17.1 Å². The molecule has 4 rings (SSSR count). The van der Waals surface area contributed by atoms with E-state index in [1.165, 1.54) is 12.3 Å². The van der Waals surface area contributed by atoms with Crippen LogP contribution in [-0.2, 0) is 12.5 Å². The van der Waals surface area contributed by atoms with Crippen molar-refractivity contribution >= 4 is 22.9 Å². The Hall–Kier alpha value is -2.80. The Kier molecular flexibility index (Phi) is 3.99. The van der Waals surface area contributed by atoms with Crippen molar-refractivity contribution in [3.63, 3.8) is 0 Å². The molecule has 0 aliphatic heterocycles. The molecule has 0 atom stereocenters. The summed E-state index contributed by atoms with van der Waals surface area (Å²) in [5.74, 6) is 0.168. The molecule has 27 heavy (non-hydrogen) atoms. The average Bonchev–Trinajstić information content (AvgIpc) is 3.14. The third-order valence-corrected chi connectivity index (χ3v) is 4.64. The molecule has 0 aliphatic carbocycles. The first-order valence-corrected chi connectivity index (χ1v) is 8.84. The van der Waals surface area contributed by atoms with E-state index in [1.807, 2.05) is 27.8 Å². The molecule has 6 nitrogen and oxygen atoms in total. The van der Waals surface area contributed by atoms with Crippen LogP contribution < -0.4 is 0 Å². The summed E-state index contributed by atoms with van der Waals surface area (Å²) < 4.78 is 15.7. The zero-order chi connectivity index (χ0) is 19.3. The van der Waals surface area contributed by atoms with Crippen LogP contribution in [0.15, 0.2) is 30.5 Å². The third-order valence-electron chi connectivity index (χ3n) is 4.28. The molecule has 3 aromatic heterocycles. The van der Waals surface area contributed by atoms with Gasteiger partial charge < -0.3 is 4.98 Å². The Morgan fingerprint density at radius 3 is 2.56 bits per heavy atom. The predicted octanol–water partition coefficient (Wildman–Crippen LogP) is 4.51. The van der Waals surface area contributed by atoms with Gasteiger partial charge in [-0.25, -0.2) is 19.3 Å². The van der Waals surface area contributed by atoms with Crippen molar-refractivity contribution in [2.45, 2.75) is 26.2 Å².